The van der Waals surface area contributed by atoms with Crippen molar-refractivity contribution in [3.63, 3.8) is 0 Å². The number of nitrogens with zero attached hydrogens (tertiary/aromatic N) is 3. The van der Waals surface area contributed by atoms with Crippen LogP contribution in [0.2, 0.25) is 5.15 Å². The van der Waals surface area contributed by atoms with E-state index in [0.717, 1.165) is 21.8 Å². The molecule has 4 aromatic rings. The molecule has 0 aliphatic heterocycles. The second-order valence-corrected chi connectivity index (χ2v) is 8.51. The summed E-state index contributed by atoms with van der Waals surface area (Å²) in [4.78, 5) is 17.2. The first-order valence-electron chi connectivity index (χ1n) is 9.73. The van der Waals surface area contributed by atoms with Gasteiger partial charge in [-0.3, -0.25) is 4.79 Å². The number of thiazole rings is 1. The Kier molecular flexibility index (Phi) is 6.15. The number of nitrogens with one attached hydrogen (secondary N) is 1. The molecule has 31 heavy (non-hydrogen) atoms. The smallest absolute Gasteiger partial charge is 0.256 e. The van der Waals surface area contributed by atoms with Gasteiger partial charge < -0.3 is 5.32 Å². The van der Waals surface area contributed by atoms with Gasteiger partial charge in [0, 0.05) is 17.5 Å². The van der Waals surface area contributed by atoms with Crippen molar-refractivity contribution in [2.45, 2.75) is 20.3 Å². The monoisotopic (exact) mass is 454 g/mol. The molecule has 0 unspecified atom stereocenters. The van der Waals surface area contributed by atoms with Gasteiger partial charge in [0.25, 0.3) is 5.91 Å². The third kappa shape index (κ3) is 4.68. The van der Waals surface area contributed by atoms with Gasteiger partial charge in [-0.1, -0.05) is 35.9 Å². The van der Waals surface area contributed by atoms with Crippen LogP contribution in [0.25, 0.3) is 16.9 Å². The minimum absolute atomic E-state index is 0.199. The SMILES string of the molecule is Cc1nc(-c2ccc(CCNC(=O)c3c(C)nn(-c4ccc(F)cc4)c3Cl)cc2)cs1. The number of halogens is 2. The first-order valence-corrected chi connectivity index (χ1v) is 11.0. The lowest BCUT2D eigenvalue weighted by atomic mass is 10.1. The average Bonchev–Trinajstić information content (AvgIpc) is 3.32. The van der Waals surface area contributed by atoms with Gasteiger partial charge in [-0.15, -0.1) is 11.3 Å². The number of rotatable bonds is 6. The minimum Gasteiger partial charge on any atom is -0.352 e. The molecule has 2 aromatic carbocycles. The number of aromatic nitrogens is 3. The number of hydrogen-bond donors (Lipinski definition) is 1. The van der Waals surface area contributed by atoms with Crippen LogP contribution in [-0.4, -0.2) is 27.2 Å². The lowest BCUT2D eigenvalue weighted by molar-refractivity contribution is 0.0953. The molecular weight excluding hydrogens is 435 g/mol. The van der Waals surface area contributed by atoms with Crippen LogP contribution in [0.5, 0.6) is 0 Å². The minimum atomic E-state index is -0.351. The van der Waals surface area contributed by atoms with Crippen LogP contribution in [0.1, 0.15) is 26.6 Å². The zero-order valence-electron chi connectivity index (χ0n) is 17.0. The van der Waals surface area contributed by atoms with Gasteiger partial charge in [0.15, 0.2) is 0 Å². The maximum Gasteiger partial charge on any atom is 0.256 e. The summed E-state index contributed by atoms with van der Waals surface area (Å²) in [5, 5.41) is 10.5. The predicted octanol–water partition coefficient (Wildman–Crippen LogP) is 5.38. The number of aryl methyl sites for hydroxylation is 2. The van der Waals surface area contributed by atoms with Gasteiger partial charge in [-0.05, 0) is 50.1 Å². The first kappa shape index (κ1) is 21.2. The quantitative estimate of drug-likeness (QED) is 0.425. The fraction of sp³-hybridized carbons (Fsp3) is 0.174. The molecule has 2 aromatic heterocycles. The Hall–Kier alpha value is -3.03. The van der Waals surface area contributed by atoms with Gasteiger partial charge in [-0.25, -0.2) is 14.1 Å². The fourth-order valence-corrected chi connectivity index (χ4v) is 4.24. The molecule has 1 N–H and O–H groups in total. The van der Waals surface area contributed by atoms with E-state index in [1.165, 1.54) is 16.8 Å². The number of benzene rings is 2. The summed E-state index contributed by atoms with van der Waals surface area (Å²) in [6.45, 7) is 4.17. The Morgan fingerprint density at radius 3 is 2.48 bits per heavy atom. The third-order valence-electron chi connectivity index (χ3n) is 4.87. The number of carbonyl (C=O) groups is 1. The molecule has 5 nitrogen and oxygen atoms in total. The second kappa shape index (κ2) is 8.99. The van der Waals surface area contributed by atoms with E-state index in [9.17, 15) is 9.18 Å². The largest absolute Gasteiger partial charge is 0.352 e. The van der Waals surface area contributed by atoms with E-state index >= 15 is 0 Å². The van der Waals surface area contributed by atoms with E-state index < -0.39 is 0 Å². The molecule has 0 spiro atoms. The Balaban J connectivity index is 1.39. The van der Waals surface area contributed by atoms with Crippen molar-refractivity contribution in [2.75, 3.05) is 6.54 Å². The van der Waals surface area contributed by atoms with E-state index in [0.29, 0.717) is 29.9 Å². The van der Waals surface area contributed by atoms with Crippen LogP contribution in [0.15, 0.2) is 53.9 Å². The number of hydrogen-bond acceptors (Lipinski definition) is 4. The highest BCUT2D eigenvalue weighted by Crippen LogP contribution is 2.24. The molecule has 0 saturated carbocycles. The maximum absolute atomic E-state index is 13.2. The van der Waals surface area contributed by atoms with Crippen LogP contribution in [0.3, 0.4) is 0 Å². The molecule has 2 heterocycles. The van der Waals surface area contributed by atoms with Gasteiger partial charge in [0.05, 0.1) is 27.6 Å². The molecule has 1 amide bonds. The van der Waals surface area contributed by atoms with E-state index in [1.807, 2.05) is 36.6 Å². The van der Waals surface area contributed by atoms with Crippen molar-refractivity contribution in [1.82, 2.24) is 20.1 Å². The molecule has 8 heteroatoms. The van der Waals surface area contributed by atoms with Crippen molar-refractivity contribution in [1.29, 1.82) is 0 Å². The number of carbonyl (C=O) groups excluding carboxylic acids is 1. The zero-order valence-corrected chi connectivity index (χ0v) is 18.6. The summed E-state index contributed by atoms with van der Waals surface area (Å²) in [5.74, 6) is -0.637. The van der Waals surface area contributed by atoms with Gasteiger partial charge in [-0.2, -0.15) is 5.10 Å². The molecule has 0 aliphatic carbocycles. The molecule has 0 fully saturated rings. The third-order valence-corrected chi connectivity index (χ3v) is 5.99. The molecule has 0 atom stereocenters. The van der Waals surface area contributed by atoms with Crippen molar-refractivity contribution < 1.29 is 9.18 Å². The van der Waals surface area contributed by atoms with Crippen LogP contribution in [0.4, 0.5) is 4.39 Å². The van der Waals surface area contributed by atoms with Gasteiger partial charge in [0.1, 0.15) is 11.0 Å². The summed E-state index contributed by atoms with van der Waals surface area (Å²) >= 11 is 8.04. The molecule has 0 radical (unpaired) electrons. The zero-order chi connectivity index (χ0) is 22.0. The number of amides is 1. The lowest BCUT2D eigenvalue weighted by Gasteiger charge is -2.07. The molecule has 0 bridgehead atoms. The molecule has 4 rings (SSSR count). The normalized spacial score (nSPS) is 11.0. The van der Waals surface area contributed by atoms with Crippen LogP contribution >= 0.6 is 22.9 Å². The Labute approximate surface area is 188 Å². The summed E-state index contributed by atoms with van der Waals surface area (Å²) in [6.07, 6.45) is 0.685. The summed E-state index contributed by atoms with van der Waals surface area (Å²) < 4.78 is 14.6. The van der Waals surface area contributed by atoms with Crippen molar-refractivity contribution in [3.8, 4) is 16.9 Å². The maximum atomic E-state index is 13.2. The Bertz CT molecular complexity index is 1220. The highest BCUT2D eigenvalue weighted by Gasteiger charge is 2.20. The van der Waals surface area contributed by atoms with Gasteiger partial charge in [0.2, 0.25) is 0 Å². The standard InChI is InChI=1S/C23H20ClFN4OS/c1-14-21(22(24)29(28-14)19-9-7-18(25)8-10-19)23(30)26-12-11-16-3-5-17(6-4-16)20-13-31-15(2)27-20/h3-10,13H,11-12H2,1-2H3,(H,26,30). The van der Waals surface area contributed by atoms with E-state index in [2.05, 4.69) is 15.4 Å². The van der Waals surface area contributed by atoms with Crippen LogP contribution in [-0.2, 0) is 6.42 Å². The van der Waals surface area contributed by atoms with E-state index in [-0.39, 0.29) is 16.9 Å². The summed E-state index contributed by atoms with van der Waals surface area (Å²) in [6, 6.07) is 13.9. The van der Waals surface area contributed by atoms with Crippen molar-refractivity contribution in [3.05, 3.63) is 86.7 Å². The highest BCUT2D eigenvalue weighted by molar-refractivity contribution is 7.09. The molecule has 158 valence electrons. The van der Waals surface area contributed by atoms with E-state index in [1.54, 1.807) is 30.4 Å². The van der Waals surface area contributed by atoms with Gasteiger partial charge >= 0.3 is 0 Å². The van der Waals surface area contributed by atoms with Crippen molar-refractivity contribution >= 4 is 28.8 Å². The molecule has 0 saturated heterocycles. The first-order chi connectivity index (χ1) is 14.9. The van der Waals surface area contributed by atoms with Crippen molar-refractivity contribution in [2.24, 2.45) is 0 Å². The van der Waals surface area contributed by atoms with Crippen LogP contribution in [0, 0.1) is 19.7 Å². The summed E-state index contributed by atoms with van der Waals surface area (Å²) in [7, 11) is 0. The van der Waals surface area contributed by atoms with Crippen LogP contribution < -0.4 is 5.32 Å². The summed E-state index contributed by atoms with van der Waals surface area (Å²) in [5.41, 5.74) is 4.58. The topological polar surface area (TPSA) is 59.8 Å². The Morgan fingerprint density at radius 2 is 1.84 bits per heavy atom. The Morgan fingerprint density at radius 1 is 1.13 bits per heavy atom. The average molecular weight is 455 g/mol. The predicted molar refractivity (Wildman–Crippen MR) is 122 cm³/mol. The van der Waals surface area contributed by atoms with E-state index in [4.69, 9.17) is 11.6 Å². The highest BCUT2D eigenvalue weighted by atomic mass is 35.5. The lowest BCUT2D eigenvalue weighted by Crippen LogP contribution is -2.26. The second-order valence-electron chi connectivity index (χ2n) is 7.09. The molecule has 0 aliphatic rings. The molecular formula is C23H20ClFN4OS. The fourth-order valence-electron chi connectivity index (χ4n) is 3.26.